The number of esters is 1. The summed E-state index contributed by atoms with van der Waals surface area (Å²) in [4.78, 5) is 37.4. The quantitative estimate of drug-likeness (QED) is 0.693. The fourth-order valence-corrected chi connectivity index (χ4v) is 2.22. The topological polar surface area (TPSA) is 87.7 Å². The minimum Gasteiger partial charge on any atom is -0.462 e. The number of nitrogens with zero attached hydrogens (tertiary/aromatic N) is 1. The van der Waals surface area contributed by atoms with E-state index in [9.17, 15) is 14.4 Å². The van der Waals surface area contributed by atoms with Gasteiger partial charge in [0.15, 0.2) is 0 Å². The highest BCUT2D eigenvalue weighted by Crippen LogP contribution is 2.18. The normalized spacial score (nSPS) is 13.5. The van der Waals surface area contributed by atoms with Crippen LogP contribution in [-0.4, -0.2) is 55.5 Å². The van der Waals surface area contributed by atoms with Crippen LogP contribution in [-0.2, 0) is 14.3 Å². The second kappa shape index (κ2) is 8.44. The molecule has 0 saturated heterocycles. The zero-order valence-corrected chi connectivity index (χ0v) is 14.0. The van der Waals surface area contributed by atoms with Gasteiger partial charge in [0.2, 0.25) is 11.8 Å². The molecule has 1 fully saturated rings. The number of para-hydroxylation sites is 1. The van der Waals surface area contributed by atoms with E-state index in [4.69, 9.17) is 4.74 Å². The van der Waals surface area contributed by atoms with Gasteiger partial charge in [-0.15, -0.1) is 0 Å². The Kier molecular flexibility index (Phi) is 6.31. The van der Waals surface area contributed by atoms with E-state index in [2.05, 4.69) is 10.6 Å². The molecular weight excluding hydrogens is 310 g/mol. The molecule has 0 atom stereocenters. The third-order valence-electron chi connectivity index (χ3n) is 3.47. The van der Waals surface area contributed by atoms with Gasteiger partial charge in [0.05, 0.1) is 30.9 Å². The lowest BCUT2D eigenvalue weighted by molar-refractivity contribution is -0.123. The smallest absolute Gasteiger partial charge is 0.340 e. The largest absolute Gasteiger partial charge is 0.462 e. The lowest BCUT2D eigenvalue weighted by Gasteiger charge is -2.16. The molecule has 130 valence electrons. The molecule has 2 N–H and O–H groups in total. The predicted octanol–water partition coefficient (Wildman–Crippen LogP) is 1.01. The minimum atomic E-state index is -0.481. The van der Waals surface area contributed by atoms with Crippen molar-refractivity contribution in [1.82, 2.24) is 10.2 Å². The summed E-state index contributed by atoms with van der Waals surface area (Å²) in [6, 6.07) is 6.97. The summed E-state index contributed by atoms with van der Waals surface area (Å²) >= 11 is 0. The Morgan fingerprint density at radius 2 is 1.83 bits per heavy atom. The van der Waals surface area contributed by atoms with Crippen molar-refractivity contribution in [3.05, 3.63) is 29.8 Å². The number of ether oxygens (including phenoxy) is 1. The summed E-state index contributed by atoms with van der Waals surface area (Å²) in [5.74, 6) is -0.862. The van der Waals surface area contributed by atoms with Crippen LogP contribution >= 0.6 is 0 Å². The van der Waals surface area contributed by atoms with Crippen LogP contribution in [0, 0.1) is 0 Å². The molecule has 0 aromatic heterocycles. The van der Waals surface area contributed by atoms with E-state index in [1.807, 2.05) is 0 Å². The van der Waals surface area contributed by atoms with Crippen LogP contribution in [0.25, 0.3) is 0 Å². The van der Waals surface area contributed by atoms with Crippen molar-refractivity contribution < 1.29 is 19.1 Å². The molecule has 24 heavy (non-hydrogen) atoms. The van der Waals surface area contributed by atoms with E-state index in [0.717, 1.165) is 12.8 Å². The van der Waals surface area contributed by atoms with Crippen molar-refractivity contribution >= 4 is 23.5 Å². The van der Waals surface area contributed by atoms with Gasteiger partial charge in [-0.2, -0.15) is 0 Å². The lowest BCUT2D eigenvalue weighted by atomic mass is 10.2. The first kappa shape index (κ1) is 17.9. The first-order chi connectivity index (χ1) is 11.5. The second-order valence-corrected chi connectivity index (χ2v) is 5.83. The highest BCUT2D eigenvalue weighted by Gasteiger charge is 2.24. The van der Waals surface area contributed by atoms with Crippen molar-refractivity contribution in [1.29, 1.82) is 0 Å². The highest BCUT2D eigenvalue weighted by atomic mass is 16.5. The highest BCUT2D eigenvalue weighted by molar-refractivity contribution is 6.01. The molecule has 0 spiro atoms. The number of carbonyl (C=O) groups is 3. The molecule has 0 radical (unpaired) electrons. The van der Waals surface area contributed by atoms with Gasteiger partial charge in [-0.05, 0) is 38.9 Å². The maximum atomic E-state index is 12.1. The zero-order chi connectivity index (χ0) is 17.5. The van der Waals surface area contributed by atoms with Gasteiger partial charge in [-0.3, -0.25) is 14.5 Å². The Morgan fingerprint density at radius 1 is 1.17 bits per heavy atom. The maximum absolute atomic E-state index is 12.1. The summed E-state index contributed by atoms with van der Waals surface area (Å²) in [6.45, 7) is 2.19. The molecule has 2 rings (SSSR count). The number of rotatable bonds is 8. The zero-order valence-electron chi connectivity index (χ0n) is 14.0. The minimum absolute atomic E-state index is 0.0508. The SMILES string of the molecule is CCOC(=O)c1ccccc1NC(=O)CN(C)CC(=O)NC1CC1. The number of benzene rings is 1. The van der Waals surface area contributed by atoms with Gasteiger partial charge in [0, 0.05) is 6.04 Å². The average Bonchev–Trinajstić information content (AvgIpc) is 3.31. The van der Waals surface area contributed by atoms with Gasteiger partial charge in [-0.25, -0.2) is 4.79 Å². The van der Waals surface area contributed by atoms with E-state index in [0.29, 0.717) is 17.3 Å². The predicted molar refractivity (Wildman–Crippen MR) is 89.7 cm³/mol. The van der Waals surface area contributed by atoms with Crippen molar-refractivity contribution in [2.75, 3.05) is 32.1 Å². The van der Waals surface area contributed by atoms with E-state index < -0.39 is 5.97 Å². The van der Waals surface area contributed by atoms with Gasteiger partial charge in [-0.1, -0.05) is 12.1 Å². The lowest BCUT2D eigenvalue weighted by Crippen LogP contribution is -2.39. The van der Waals surface area contributed by atoms with Crippen molar-refractivity contribution in [2.24, 2.45) is 0 Å². The standard InChI is InChI=1S/C17H23N3O4/c1-3-24-17(23)13-6-4-5-7-14(13)19-16(22)11-20(2)10-15(21)18-12-8-9-12/h4-7,12H,3,8-11H2,1-2H3,(H,18,21)(H,19,22). The number of anilines is 1. The van der Waals surface area contributed by atoms with Crippen LogP contribution in [0.5, 0.6) is 0 Å². The number of hydrogen-bond acceptors (Lipinski definition) is 5. The Morgan fingerprint density at radius 3 is 2.50 bits per heavy atom. The van der Waals surface area contributed by atoms with Crippen LogP contribution in [0.15, 0.2) is 24.3 Å². The molecule has 0 unspecified atom stereocenters. The molecule has 0 bridgehead atoms. The molecule has 1 aromatic carbocycles. The Hall–Kier alpha value is -2.41. The van der Waals surface area contributed by atoms with Crippen LogP contribution in [0.3, 0.4) is 0 Å². The monoisotopic (exact) mass is 333 g/mol. The van der Waals surface area contributed by atoms with E-state index in [-0.39, 0.29) is 31.5 Å². The van der Waals surface area contributed by atoms with E-state index in [1.54, 1.807) is 43.1 Å². The number of likely N-dealkylation sites (N-methyl/N-ethyl adjacent to an activating group) is 1. The van der Waals surface area contributed by atoms with Crippen LogP contribution in [0.4, 0.5) is 5.69 Å². The molecule has 1 aliphatic rings. The summed E-state index contributed by atoms with van der Waals surface area (Å²) in [7, 11) is 1.70. The fourth-order valence-electron chi connectivity index (χ4n) is 2.22. The van der Waals surface area contributed by atoms with Gasteiger partial charge < -0.3 is 15.4 Å². The molecule has 0 heterocycles. The summed E-state index contributed by atoms with van der Waals surface area (Å²) in [5, 5.41) is 5.57. The molecule has 2 amide bonds. The third kappa shape index (κ3) is 5.66. The number of hydrogen-bond donors (Lipinski definition) is 2. The fraction of sp³-hybridized carbons (Fsp3) is 0.471. The number of amides is 2. The van der Waals surface area contributed by atoms with Crippen LogP contribution in [0.1, 0.15) is 30.1 Å². The molecule has 7 heteroatoms. The molecule has 1 aliphatic carbocycles. The summed E-state index contributed by atoms with van der Waals surface area (Å²) in [6.07, 6.45) is 2.06. The van der Waals surface area contributed by atoms with Crippen molar-refractivity contribution in [3.63, 3.8) is 0 Å². The molecule has 0 aliphatic heterocycles. The van der Waals surface area contributed by atoms with Crippen LogP contribution in [0.2, 0.25) is 0 Å². The van der Waals surface area contributed by atoms with Gasteiger partial charge >= 0.3 is 5.97 Å². The Bertz CT molecular complexity index is 614. The van der Waals surface area contributed by atoms with Crippen molar-refractivity contribution in [2.45, 2.75) is 25.8 Å². The van der Waals surface area contributed by atoms with Gasteiger partial charge in [0.1, 0.15) is 0 Å². The summed E-state index contributed by atoms with van der Waals surface area (Å²) in [5.41, 5.74) is 0.707. The average molecular weight is 333 g/mol. The van der Waals surface area contributed by atoms with Gasteiger partial charge in [0.25, 0.3) is 0 Å². The first-order valence-electron chi connectivity index (χ1n) is 8.03. The number of nitrogens with one attached hydrogen (secondary N) is 2. The van der Waals surface area contributed by atoms with E-state index >= 15 is 0 Å². The molecule has 1 aromatic rings. The molecular formula is C17H23N3O4. The van der Waals surface area contributed by atoms with Crippen molar-refractivity contribution in [3.8, 4) is 0 Å². The number of carbonyl (C=O) groups excluding carboxylic acids is 3. The molecule has 7 nitrogen and oxygen atoms in total. The Balaban J connectivity index is 1.87. The third-order valence-corrected chi connectivity index (χ3v) is 3.47. The van der Waals surface area contributed by atoms with E-state index in [1.165, 1.54) is 0 Å². The molecule has 1 saturated carbocycles. The second-order valence-electron chi connectivity index (χ2n) is 5.83. The van der Waals surface area contributed by atoms with Crippen LogP contribution < -0.4 is 10.6 Å². The maximum Gasteiger partial charge on any atom is 0.340 e. The first-order valence-corrected chi connectivity index (χ1v) is 8.03. The summed E-state index contributed by atoms with van der Waals surface area (Å²) < 4.78 is 4.97. The Labute approximate surface area is 141 Å².